The first-order chi connectivity index (χ1) is 8.06. The Bertz CT molecular complexity index is 261. The highest BCUT2D eigenvalue weighted by Gasteiger charge is 2.31. The molecule has 1 N–H and O–H groups in total. The topological polar surface area (TPSA) is 32.3 Å². The molecule has 2 fully saturated rings. The maximum Gasteiger partial charge on any atom is 0.225 e. The fourth-order valence-electron chi connectivity index (χ4n) is 3.27. The van der Waals surface area contributed by atoms with Gasteiger partial charge in [0.15, 0.2) is 0 Å². The first-order valence-corrected chi connectivity index (χ1v) is 7.11. The Balaban J connectivity index is 1.90. The third kappa shape index (κ3) is 3.21. The second-order valence-electron chi connectivity index (χ2n) is 6.17. The molecule has 3 heteroatoms. The van der Waals surface area contributed by atoms with Crippen molar-refractivity contribution in [3.63, 3.8) is 0 Å². The molecule has 17 heavy (non-hydrogen) atoms. The molecule has 2 rings (SSSR count). The first-order valence-electron chi connectivity index (χ1n) is 7.11. The van der Waals surface area contributed by atoms with Gasteiger partial charge >= 0.3 is 0 Å². The van der Waals surface area contributed by atoms with Crippen molar-refractivity contribution in [2.24, 2.45) is 11.8 Å². The highest BCUT2D eigenvalue weighted by atomic mass is 16.2. The number of amides is 1. The van der Waals surface area contributed by atoms with Gasteiger partial charge < -0.3 is 10.2 Å². The lowest BCUT2D eigenvalue weighted by Gasteiger charge is -2.39. The third-order valence-electron chi connectivity index (χ3n) is 4.23. The van der Waals surface area contributed by atoms with Gasteiger partial charge in [0.25, 0.3) is 0 Å². The lowest BCUT2D eigenvalue weighted by atomic mass is 9.82. The van der Waals surface area contributed by atoms with Crippen LogP contribution in [0.4, 0.5) is 0 Å². The van der Waals surface area contributed by atoms with Gasteiger partial charge in [-0.2, -0.15) is 0 Å². The van der Waals surface area contributed by atoms with E-state index in [0.29, 0.717) is 23.9 Å². The second-order valence-corrected chi connectivity index (χ2v) is 6.17. The van der Waals surface area contributed by atoms with Crippen LogP contribution in [0.1, 0.15) is 46.5 Å². The molecule has 0 aromatic rings. The van der Waals surface area contributed by atoms with Crippen LogP contribution in [0.25, 0.3) is 0 Å². The SMILES string of the molecule is CC1CCC(C(=O)N2CC(C)NC(C)C2)CC1. The molecular weight excluding hydrogens is 212 g/mol. The Hall–Kier alpha value is -0.570. The summed E-state index contributed by atoms with van der Waals surface area (Å²) in [5.74, 6) is 1.54. The molecule has 1 heterocycles. The summed E-state index contributed by atoms with van der Waals surface area (Å²) in [6, 6.07) is 0.871. The molecular formula is C14H26N2O. The van der Waals surface area contributed by atoms with Crippen LogP contribution in [-0.2, 0) is 4.79 Å². The molecule has 1 saturated heterocycles. The number of rotatable bonds is 1. The van der Waals surface area contributed by atoms with E-state index in [9.17, 15) is 4.79 Å². The molecule has 3 nitrogen and oxygen atoms in total. The molecule has 2 aliphatic rings. The van der Waals surface area contributed by atoms with Gasteiger partial charge in [0.1, 0.15) is 0 Å². The molecule has 0 spiro atoms. The normalized spacial score (nSPS) is 39.1. The fraction of sp³-hybridized carbons (Fsp3) is 0.929. The average Bonchev–Trinajstić information content (AvgIpc) is 2.28. The smallest absolute Gasteiger partial charge is 0.225 e. The zero-order valence-corrected chi connectivity index (χ0v) is 11.4. The minimum atomic E-state index is 0.309. The standard InChI is InChI=1S/C14H26N2O/c1-10-4-6-13(7-5-10)14(17)16-8-11(2)15-12(3)9-16/h10-13,15H,4-9H2,1-3H3. The van der Waals surface area contributed by atoms with Gasteiger partial charge in [0.2, 0.25) is 5.91 Å². The van der Waals surface area contributed by atoms with Gasteiger partial charge in [0.05, 0.1) is 0 Å². The summed E-state index contributed by atoms with van der Waals surface area (Å²) in [6.45, 7) is 8.40. The van der Waals surface area contributed by atoms with Gasteiger partial charge in [-0.15, -0.1) is 0 Å². The van der Waals surface area contributed by atoms with Crippen molar-refractivity contribution in [2.75, 3.05) is 13.1 Å². The van der Waals surface area contributed by atoms with Crippen LogP contribution in [0.3, 0.4) is 0 Å². The summed E-state index contributed by atoms with van der Waals surface area (Å²) < 4.78 is 0. The Kier molecular flexibility index (Phi) is 4.08. The highest BCUT2D eigenvalue weighted by Crippen LogP contribution is 2.29. The molecule has 98 valence electrons. The summed E-state index contributed by atoms with van der Waals surface area (Å²) in [7, 11) is 0. The molecule has 0 aromatic carbocycles. The van der Waals surface area contributed by atoms with Crippen LogP contribution >= 0.6 is 0 Å². The minimum Gasteiger partial charge on any atom is -0.339 e. The number of hydrogen-bond donors (Lipinski definition) is 1. The van der Waals surface area contributed by atoms with Crippen LogP contribution in [-0.4, -0.2) is 36.0 Å². The number of carbonyl (C=O) groups is 1. The van der Waals surface area contributed by atoms with Crippen molar-refractivity contribution in [2.45, 2.75) is 58.5 Å². The minimum absolute atomic E-state index is 0.309. The molecule has 0 radical (unpaired) electrons. The number of nitrogens with zero attached hydrogens (tertiary/aromatic N) is 1. The lowest BCUT2D eigenvalue weighted by Crippen LogP contribution is -2.57. The van der Waals surface area contributed by atoms with Gasteiger partial charge in [-0.1, -0.05) is 6.92 Å². The first kappa shape index (κ1) is 12.9. The Labute approximate surface area is 105 Å². The molecule has 1 saturated carbocycles. The van der Waals surface area contributed by atoms with E-state index in [2.05, 4.69) is 31.0 Å². The van der Waals surface area contributed by atoms with Crippen LogP contribution < -0.4 is 5.32 Å². The van der Waals surface area contributed by atoms with E-state index in [0.717, 1.165) is 31.8 Å². The number of carbonyl (C=O) groups excluding carboxylic acids is 1. The maximum absolute atomic E-state index is 12.4. The fourth-order valence-corrected chi connectivity index (χ4v) is 3.27. The zero-order valence-electron chi connectivity index (χ0n) is 11.4. The van der Waals surface area contributed by atoms with Crippen molar-refractivity contribution < 1.29 is 4.79 Å². The predicted molar refractivity (Wildman–Crippen MR) is 69.8 cm³/mol. The van der Waals surface area contributed by atoms with Crippen LogP contribution in [0.2, 0.25) is 0 Å². The summed E-state index contributed by atoms with van der Waals surface area (Å²) >= 11 is 0. The molecule has 2 atom stereocenters. The number of piperazine rings is 1. The van der Waals surface area contributed by atoms with E-state index in [1.807, 2.05) is 0 Å². The van der Waals surface area contributed by atoms with E-state index in [4.69, 9.17) is 0 Å². The van der Waals surface area contributed by atoms with Crippen molar-refractivity contribution in [1.29, 1.82) is 0 Å². The van der Waals surface area contributed by atoms with E-state index in [-0.39, 0.29) is 0 Å². The van der Waals surface area contributed by atoms with E-state index >= 15 is 0 Å². The van der Waals surface area contributed by atoms with E-state index in [1.54, 1.807) is 0 Å². The van der Waals surface area contributed by atoms with Crippen molar-refractivity contribution in [3.8, 4) is 0 Å². The van der Waals surface area contributed by atoms with Crippen LogP contribution in [0, 0.1) is 11.8 Å². The molecule has 0 aromatic heterocycles. The number of hydrogen-bond acceptors (Lipinski definition) is 2. The summed E-state index contributed by atoms with van der Waals surface area (Å²) in [5, 5.41) is 3.48. The summed E-state index contributed by atoms with van der Waals surface area (Å²) in [5.41, 5.74) is 0. The van der Waals surface area contributed by atoms with Gasteiger partial charge in [-0.05, 0) is 45.4 Å². The van der Waals surface area contributed by atoms with Crippen molar-refractivity contribution in [3.05, 3.63) is 0 Å². The zero-order chi connectivity index (χ0) is 12.4. The molecule has 1 aliphatic carbocycles. The van der Waals surface area contributed by atoms with Crippen molar-refractivity contribution >= 4 is 5.91 Å². The monoisotopic (exact) mass is 238 g/mol. The van der Waals surface area contributed by atoms with Gasteiger partial charge in [-0.25, -0.2) is 0 Å². The quantitative estimate of drug-likeness (QED) is 0.758. The van der Waals surface area contributed by atoms with Crippen LogP contribution in [0.5, 0.6) is 0 Å². The van der Waals surface area contributed by atoms with E-state index in [1.165, 1.54) is 12.8 Å². The third-order valence-corrected chi connectivity index (χ3v) is 4.23. The van der Waals surface area contributed by atoms with Crippen molar-refractivity contribution in [1.82, 2.24) is 10.2 Å². The molecule has 0 bridgehead atoms. The highest BCUT2D eigenvalue weighted by molar-refractivity contribution is 5.79. The summed E-state index contributed by atoms with van der Waals surface area (Å²) in [4.78, 5) is 14.5. The Morgan fingerprint density at radius 3 is 2.06 bits per heavy atom. The lowest BCUT2D eigenvalue weighted by molar-refractivity contribution is -0.138. The molecule has 1 aliphatic heterocycles. The average molecular weight is 238 g/mol. The predicted octanol–water partition coefficient (Wildman–Crippen LogP) is 2.02. The second kappa shape index (κ2) is 5.38. The maximum atomic E-state index is 12.4. The van der Waals surface area contributed by atoms with Crippen LogP contribution in [0.15, 0.2) is 0 Å². The van der Waals surface area contributed by atoms with Gasteiger partial charge in [0, 0.05) is 31.1 Å². The molecule has 1 amide bonds. The van der Waals surface area contributed by atoms with Gasteiger partial charge in [-0.3, -0.25) is 4.79 Å². The Morgan fingerprint density at radius 2 is 1.53 bits per heavy atom. The Morgan fingerprint density at radius 1 is 1.00 bits per heavy atom. The summed E-state index contributed by atoms with van der Waals surface area (Å²) in [6.07, 6.45) is 4.67. The van der Waals surface area contributed by atoms with E-state index < -0.39 is 0 Å². The molecule has 2 unspecified atom stereocenters. The number of nitrogens with one attached hydrogen (secondary N) is 1. The largest absolute Gasteiger partial charge is 0.339 e.